The highest BCUT2D eigenvalue weighted by molar-refractivity contribution is 6.32. The quantitative estimate of drug-likeness (QED) is 0.716. The molecule has 0 bridgehead atoms. The van der Waals surface area contributed by atoms with Crippen LogP contribution in [0.3, 0.4) is 0 Å². The van der Waals surface area contributed by atoms with Gasteiger partial charge in [0.15, 0.2) is 0 Å². The van der Waals surface area contributed by atoms with Gasteiger partial charge in [0.1, 0.15) is 11.5 Å². The van der Waals surface area contributed by atoms with Crippen molar-refractivity contribution >= 4 is 11.6 Å². The second kappa shape index (κ2) is 7.62. The molecule has 1 aliphatic heterocycles. The number of halogens is 1. The third kappa shape index (κ3) is 3.53. The first kappa shape index (κ1) is 17.9. The Balaban J connectivity index is 1.64. The van der Waals surface area contributed by atoms with E-state index in [1.54, 1.807) is 20.5 Å². The highest BCUT2D eigenvalue weighted by Gasteiger charge is 2.29. The lowest BCUT2D eigenvalue weighted by molar-refractivity contribution is 0.227. The van der Waals surface area contributed by atoms with Crippen molar-refractivity contribution in [3.63, 3.8) is 0 Å². The highest BCUT2D eigenvalue weighted by atomic mass is 35.5. The molecule has 6 heteroatoms. The van der Waals surface area contributed by atoms with Gasteiger partial charge >= 0.3 is 0 Å². The van der Waals surface area contributed by atoms with E-state index in [1.165, 1.54) is 5.56 Å². The Labute approximate surface area is 163 Å². The molecule has 1 aliphatic rings. The lowest BCUT2D eigenvalue weighted by Gasteiger charge is -2.32. The maximum Gasteiger partial charge on any atom is 0.137 e. The van der Waals surface area contributed by atoms with Gasteiger partial charge in [-0.15, -0.1) is 0 Å². The van der Waals surface area contributed by atoms with Gasteiger partial charge in [0.05, 0.1) is 37.0 Å². The van der Waals surface area contributed by atoms with Crippen molar-refractivity contribution in [3.05, 3.63) is 76.3 Å². The van der Waals surface area contributed by atoms with Gasteiger partial charge < -0.3 is 14.5 Å². The van der Waals surface area contributed by atoms with Gasteiger partial charge in [0.2, 0.25) is 0 Å². The summed E-state index contributed by atoms with van der Waals surface area (Å²) in [6.07, 6.45) is 1.78. The molecule has 1 atom stereocenters. The van der Waals surface area contributed by atoms with Crippen LogP contribution in [0.15, 0.2) is 48.8 Å². The summed E-state index contributed by atoms with van der Waals surface area (Å²) in [4.78, 5) is 10.3. The topological polar surface area (TPSA) is 50.4 Å². The Morgan fingerprint density at radius 1 is 1.19 bits per heavy atom. The third-order valence-electron chi connectivity index (χ3n) is 5.06. The van der Waals surface area contributed by atoms with Gasteiger partial charge in [-0.25, -0.2) is 4.98 Å². The monoisotopic (exact) mass is 383 g/mol. The largest absolute Gasteiger partial charge is 0.497 e. The number of ether oxygens (including phenoxy) is 2. The summed E-state index contributed by atoms with van der Waals surface area (Å²) in [5.74, 6) is 1.75. The lowest BCUT2D eigenvalue weighted by Crippen LogP contribution is -2.34. The molecule has 1 N–H and O–H groups in total. The Morgan fingerprint density at radius 3 is 2.85 bits per heavy atom. The first-order valence-corrected chi connectivity index (χ1v) is 9.27. The van der Waals surface area contributed by atoms with E-state index in [-0.39, 0.29) is 5.92 Å². The van der Waals surface area contributed by atoms with Crippen molar-refractivity contribution in [1.82, 2.24) is 14.9 Å². The molecule has 0 saturated heterocycles. The van der Waals surface area contributed by atoms with Crippen LogP contribution in [0, 0.1) is 0 Å². The number of methoxy groups -OCH3 is 2. The number of imidazole rings is 1. The molecular weight excluding hydrogens is 362 g/mol. The molecule has 0 saturated carbocycles. The smallest absolute Gasteiger partial charge is 0.137 e. The molecule has 140 valence electrons. The Kier molecular flexibility index (Phi) is 5.05. The van der Waals surface area contributed by atoms with E-state index in [1.807, 2.05) is 30.3 Å². The molecule has 0 aliphatic carbocycles. The Hall–Kier alpha value is -2.50. The van der Waals surface area contributed by atoms with Crippen LogP contribution in [0.5, 0.6) is 11.5 Å². The average Bonchev–Trinajstić information content (AvgIpc) is 3.17. The average molecular weight is 384 g/mol. The number of benzene rings is 2. The normalized spacial score (nSPS) is 16.8. The van der Waals surface area contributed by atoms with Crippen molar-refractivity contribution in [2.24, 2.45) is 0 Å². The van der Waals surface area contributed by atoms with Gasteiger partial charge in [-0.1, -0.05) is 35.9 Å². The van der Waals surface area contributed by atoms with Crippen molar-refractivity contribution in [2.75, 3.05) is 20.8 Å². The summed E-state index contributed by atoms with van der Waals surface area (Å²) in [5, 5.41) is 0.674. The van der Waals surface area contributed by atoms with Gasteiger partial charge in [0, 0.05) is 25.6 Å². The number of hydrogen-bond acceptors (Lipinski definition) is 4. The summed E-state index contributed by atoms with van der Waals surface area (Å²) in [6.45, 7) is 2.41. The summed E-state index contributed by atoms with van der Waals surface area (Å²) in [5.41, 5.74) is 4.51. The number of aromatic amines is 1. The van der Waals surface area contributed by atoms with Crippen LogP contribution >= 0.6 is 11.6 Å². The maximum absolute atomic E-state index is 6.51. The van der Waals surface area contributed by atoms with E-state index in [2.05, 4.69) is 27.0 Å². The number of hydrogen-bond donors (Lipinski definition) is 1. The molecule has 5 nitrogen and oxygen atoms in total. The molecule has 4 rings (SSSR count). The molecule has 0 amide bonds. The molecule has 1 unspecified atom stereocenters. The molecule has 2 aromatic carbocycles. The van der Waals surface area contributed by atoms with Crippen LogP contribution < -0.4 is 9.47 Å². The predicted molar refractivity (Wildman–Crippen MR) is 106 cm³/mol. The molecular formula is C21H22ClN3O2. The second-order valence-corrected chi connectivity index (χ2v) is 7.08. The first-order chi connectivity index (χ1) is 13.2. The molecule has 2 heterocycles. The minimum absolute atomic E-state index is 0.180. The zero-order valence-electron chi connectivity index (χ0n) is 15.4. The molecule has 1 aromatic heterocycles. The van der Waals surface area contributed by atoms with Crippen LogP contribution in [0.4, 0.5) is 0 Å². The van der Waals surface area contributed by atoms with Gasteiger partial charge in [-0.2, -0.15) is 0 Å². The van der Waals surface area contributed by atoms with E-state index in [0.717, 1.165) is 42.3 Å². The Bertz CT molecular complexity index is 941. The standard InChI is InChI=1S/C21H22ClN3O2/c1-26-16-7-3-5-14(9-16)17-11-25(12-18-21(17)24-13-23-18)10-15-6-4-8-19(27-2)20(15)22/h3-9,13,17H,10-12H2,1-2H3,(H,23,24). The number of H-pyrrole nitrogens is 1. The SMILES string of the molecule is COc1cccc(C2CN(Cc3cccc(OC)c3Cl)Cc3[nH]cnc32)c1. The van der Waals surface area contributed by atoms with E-state index >= 15 is 0 Å². The lowest BCUT2D eigenvalue weighted by atomic mass is 9.90. The minimum Gasteiger partial charge on any atom is -0.497 e. The fraction of sp³-hybridized carbons (Fsp3) is 0.286. The number of rotatable bonds is 5. The number of nitrogens with one attached hydrogen (secondary N) is 1. The van der Waals surface area contributed by atoms with Crippen LogP contribution in [0.25, 0.3) is 0 Å². The Morgan fingerprint density at radius 2 is 2.04 bits per heavy atom. The van der Waals surface area contributed by atoms with Crippen LogP contribution in [-0.4, -0.2) is 35.6 Å². The molecule has 0 fully saturated rings. The highest BCUT2D eigenvalue weighted by Crippen LogP contribution is 2.35. The number of fused-ring (bicyclic) bond motifs is 1. The van der Waals surface area contributed by atoms with Crippen LogP contribution in [-0.2, 0) is 13.1 Å². The third-order valence-corrected chi connectivity index (χ3v) is 5.49. The first-order valence-electron chi connectivity index (χ1n) is 8.89. The summed E-state index contributed by atoms with van der Waals surface area (Å²) in [6, 6.07) is 14.1. The zero-order chi connectivity index (χ0) is 18.8. The summed E-state index contributed by atoms with van der Waals surface area (Å²) >= 11 is 6.51. The van der Waals surface area contributed by atoms with E-state index < -0.39 is 0 Å². The maximum atomic E-state index is 6.51. The summed E-state index contributed by atoms with van der Waals surface area (Å²) in [7, 11) is 3.33. The fourth-order valence-corrected chi connectivity index (χ4v) is 3.97. The van der Waals surface area contributed by atoms with Gasteiger partial charge in [0.25, 0.3) is 0 Å². The number of nitrogens with zero attached hydrogens (tertiary/aromatic N) is 2. The van der Waals surface area contributed by atoms with E-state index in [9.17, 15) is 0 Å². The van der Waals surface area contributed by atoms with Crippen LogP contribution in [0.1, 0.15) is 28.4 Å². The second-order valence-electron chi connectivity index (χ2n) is 6.70. The van der Waals surface area contributed by atoms with Crippen molar-refractivity contribution in [3.8, 4) is 11.5 Å². The predicted octanol–water partition coefficient (Wildman–Crippen LogP) is 4.23. The molecule has 0 radical (unpaired) electrons. The van der Waals surface area contributed by atoms with Crippen molar-refractivity contribution in [2.45, 2.75) is 19.0 Å². The minimum atomic E-state index is 0.180. The van der Waals surface area contributed by atoms with Gasteiger partial charge in [-0.3, -0.25) is 4.90 Å². The zero-order valence-corrected chi connectivity index (χ0v) is 16.2. The molecule has 27 heavy (non-hydrogen) atoms. The fourth-order valence-electron chi connectivity index (χ4n) is 3.71. The number of aromatic nitrogens is 2. The van der Waals surface area contributed by atoms with E-state index in [4.69, 9.17) is 21.1 Å². The molecule has 3 aromatic rings. The van der Waals surface area contributed by atoms with E-state index in [0.29, 0.717) is 10.8 Å². The van der Waals surface area contributed by atoms with Crippen LogP contribution in [0.2, 0.25) is 5.02 Å². The molecule has 0 spiro atoms. The van der Waals surface area contributed by atoms with Crippen molar-refractivity contribution in [1.29, 1.82) is 0 Å². The van der Waals surface area contributed by atoms with Crippen molar-refractivity contribution < 1.29 is 9.47 Å². The van der Waals surface area contributed by atoms with Gasteiger partial charge in [-0.05, 0) is 29.3 Å². The summed E-state index contributed by atoms with van der Waals surface area (Å²) < 4.78 is 10.8.